The van der Waals surface area contributed by atoms with Crippen LogP contribution in [0.15, 0.2) is 36.4 Å². The second kappa shape index (κ2) is 6.16. The second-order valence-corrected chi connectivity index (χ2v) is 5.25. The average Bonchev–Trinajstić information content (AvgIpc) is 2.40. The third kappa shape index (κ3) is 3.54. The van der Waals surface area contributed by atoms with Crippen LogP contribution >= 0.6 is 23.2 Å². The number of amides is 1. The molecule has 6 heteroatoms. The summed E-state index contributed by atoms with van der Waals surface area (Å²) < 4.78 is 0. The van der Waals surface area contributed by atoms with E-state index in [2.05, 4.69) is 5.32 Å². The maximum atomic E-state index is 12.2. The molecule has 2 aromatic rings. The van der Waals surface area contributed by atoms with Gasteiger partial charge in [-0.25, -0.2) is 4.79 Å². The van der Waals surface area contributed by atoms with Crippen molar-refractivity contribution in [3.8, 4) is 0 Å². The first-order valence-corrected chi connectivity index (χ1v) is 6.74. The van der Waals surface area contributed by atoms with Crippen LogP contribution in [0.5, 0.6) is 0 Å². The maximum absolute atomic E-state index is 12.2. The van der Waals surface area contributed by atoms with E-state index in [9.17, 15) is 9.59 Å². The molecule has 0 aliphatic carbocycles. The molecule has 1 amide bonds. The molecule has 0 unspecified atom stereocenters. The van der Waals surface area contributed by atoms with Gasteiger partial charge in [-0.15, -0.1) is 0 Å². The van der Waals surface area contributed by atoms with Crippen molar-refractivity contribution in [3.63, 3.8) is 0 Å². The van der Waals surface area contributed by atoms with Crippen molar-refractivity contribution in [2.24, 2.45) is 0 Å². The zero-order valence-electron chi connectivity index (χ0n) is 11.0. The number of carboxylic acids is 1. The fourth-order valence-electron chi connectivity index (χ4n) is 1.75. The van der Waals surface area contributed by atoms with Crippen LogP contribution in [-0.4, -0.2) is 17.0 Å². The summed E-state index contributed by atoms with van der Waals surface area (Å²) in [6.45, 7) is 1.86. The van der Waals surface area contributed by atoms with Crippen molar-refractivity contribution in [1.82, 2.24) is 0 Å². The van der Waals surface area contributed by atoms with E-state index in [1.54, 1.807) is 18.2 Å². The number of carboxylic acid groups (broad SMARTS) is 1. The number of hydrogen-bond acceptors (Lipinski definition) is 2. The lowest BCUT2D eigenvalue weighted by molar-refractivity contribution is 0.0696. The van der Waals surface area contributed by atoms with Gasteiger partial charge in [-0.2, -0.15) is 0 Å². The molecule has 0 aromatic heterocycles. The molecular formula is C15H11Cl2NO3. The predicted octanol–water partition coefficient (Wildman–Crippen LogP) is 4.25. The van der Waals surface area contributed by atoms with E-state index in [0.29, 0.717) is 10.6 Å². The number of rotatable bonds is 3. The Hall–Kier alpha value is -2.04. The van der Waals surface area contributed by atoms with Gasteiger partial charge in [0.1, 0.15) is 0 Å². The number of aryl methyl sites for hydroxylation is 1. The van der Waals surface area contributed by atoms with Gasteiger partial charge in [-0.1, -0.05) is 29.3 Å². The van der Waals surface area contributed by atoms with Crippen LogP contribution in [0.3, 0.4) is 0 Å². The smallest absolute Gasteiger partial charge is 0.335 e. The molecule has 0 bridgehead atoms. The van der Waals surface area contributed by atoms with Gasteiger partial charge < -0.3 is 10.4 Å². The van der Waals surface area contributed by atoms with Crippen LogP contribution in [-0.2, 0) is 0 Å². The molecule has 0 saturated heterocycles. The van der Waals surface area contributed by atoms with Crippen molar-refractivity contribution in [2.45, 2.75) is 6.92 Å². The molecule has 0 heterocycles. The summed E-state index contributed by atoms with van der Waals surface area (Å²) in [6, 6.07) is 9.10. The molecule has 2 N–H and O–H groups in total. The number of hydrogen-bond donors (Lipinski definition) is 2. The number of nitrogens with one attached hydrogen (secondary N) is 1. The van der Waals surface area contributed by atoms with Crippen molar-refractivity contribution in [1.29, 1.82) is 0 Å². The van der Waals surface area contributed by atoms with Crippen LogP contribution in [0.2, 0.25) is 10.0 Å². The average molecular weight is 324 g/mol. The summed E-state index contributed by atoms with van der Waals surface area (Å²) in [5.74, 6) is -1.56. The summed E-state index contributed by atoms with van der Waals surface area (Å²) in [6.07, 6.45) is 0. The molecule has 0 radical (unpaired) electrons. The molecule has 0 aliphatic rings. The zero-order valence-corrected chi connectivity index (χ0v) is 12.5. The van der Waals surface area contributed by atoms with Crippen molar-refractivity contribution < 1.29 is 14.7 Å². The van der Waals surface area contributed by atoms with Crippen LogP contribution in [0.25, 0.3) is 0 Å². The number of anilines is 1. The van der Waals surface area contributed by atoms with Crippen molar-refractivity contribution in [3.05, 3.63) is 63.1 Å². The first-order valence-electron chi connectivity index (χ1n) is 5.99. The summed E-state index contributed by atoms with van der Waals surface area (Å²) in [5, 5.41) is 12.1. The Bertz CT molecular complexity index is 729. The number of aromatic carboxylic acids is 1. The lowest BCUT2D eigenvalue weighted by Gasteiger charge is -2.09. The van der Waals surface area contributed by atoms with E-state index < -0.39 is 11.9 Å². The van der Waals surface area contributed by atoms with Crippen molar-refractivity contribution in [2.75, 3.05) is 5.32 Å². The normalized spacial score (nSPS) is 10.2. The van der Waals surface area contributed by atoms with Gasteiger partial charge in [0.05, 0.1) is 26.9 Å². The summed E-state index contributed by atoms with van der Waals surface area (Å²) >= 11 is 12.0. The third-order valence-electron chi connectivity index (χ3n) is 2.83. The zero-order chi connectivity index (χ0) is 15.6. The molecule has 2 aromatic carbocycles. The summed E-state index contributed by atoms with van der Waals surface area (Å²) in [4.78, 5) is 23.1. The number of halogens is 2. The SMILES string of the molecule is Cc1ccc(C(=O)Nc2cc(C(=O)O)ccc2Cl)c(Cl)c1. The van der Waals surface area contributed by atoms with E-state index in [0.717, 1.165) is 5.56 Å². The highest BCUT2D eigenvalue weighted by Gasteiger charge is 2.14. The van der Waals surface area contributed by atoms with Gasteiger partial charge in [0.15, 0.2) is 0 Å². The first kappa shape index (κ1) is 15.4. The molecule has 21 heavy (non-hydrogen) atoms. The fourth-order valence-corrected chi connectivity index (χ4v) is 2.23. The highest BCUT2D eigenvalue weighted by molar-refractivity contribution is 6.36. The molecule has 2 rings (SSSR count). The molecule has 4 nitrogen and oxygen atoms in total. The Morgan fingerprint density at radius 3 is 2.38 bits per heavy atom. The quantitative estimate of drug-likeness (QED) is 0.887. The van der Waals surface area contributed by atoms with Gasteiger partial charge in [0.25, 0.3) is 5.91 Å². The van der Waals surface area contributed by atoms with E-state index in [4.69, 9.17) is 28.3 Å². The highest BCUT2D eigenvalue weighted by Crippen LogP contribution is 2.25. The van der Waals surface area contributed by atoms with E-state index >= 15 is 0 Å². The molecule has 0 saturated carbocycles. The van der Waals surface area contributed by atoms with Crippen LogP contribution in [0.4, 0.5) is 5.69 Å². The lowest BCUT2D eigenvalue weighted by Crippen LogP contribution is -2.13. The van der Waals surface area contributed by atoms with Gasteiger partial charge in [-0.3, -0.25) is 4.79 Å². The Morgan fingerprint density at radius 2 is 1.76 bits per heavy atom. The summed E-state index contributed by atoms with van der Waals surface area (Å²) in [5.41, 5.74) is 1.48. The monoisotopic (exact) mass is 323 g/mol. The van der Waals surface area contributed by atoms with Gasteiger partial charge in [-0.05, 0) is 42.8 Å². The van der Waals surface area contributed by atoms with E-state index in [1.807, 2.05) is 6.92 Å². The van der Waals surface area contributed by atoms with Crippen LogP contribution in [0, 0.1) is 6.92 Å². The van der Waals surface area contributed by atoms with E-state index in [1.165, 1.54) is 18.2 Å². The van der Waals surface area contributed by atoms with Gasteiger partial charge in [0.2, 0.25) is 0 Å². The molecule has 0 spiro atoms. The Labute approximate surface area is 131 Å². The second-order valence-electron chi connectivity index (χ2n) is 4.44. The molecule has 0 aliphatic heterocycles. The Morgan fingerprint density at radius 1 is 1.05 bits per heavy atom. The van der Waals surface area contributed by atoms with Crippen LogP contribution < -0.4 is 5.32 Å². The topological polar surface area (TPSA) is 66.4 Å². The lowest BCUT2D eigenvalue weighted by atomic mass is 10.1. The minimum atomic E-state index is -1.10. The number of carbonyl (C=O) groups excluding carboxylic acids is 1. The van der Waals surface area contributed by atoms with E-state index in [-0.39, 0.29) is 16.3 Å². The van der Waals surface area contributed by atoms with Crippen molar-refractivity contribution >= 4 is 40.8 Å². The summed E-state index contributed by atoms with van der Waals surface area (Å²) in [7, 11) is 0. The van der Waals surface area contributed by atoms with Gasteiger partial charge in [0, 0.05) is 0 Å². The predicted molar refractivity (Wildman–Crippen MR) is 82.6 cm³/mol. The number of carbonyl (C=O) groups is 2. The minimum absolute atomic E-state index is 0.0321. The number of benzene rings is 2. The minimum Gasteiger partial charge on any atom is -0.478 e. The first-order chi connectivity index (χ1) is 9.88. The third-order valence-corrected chi connectivity index (χ3v) is 3.47. The Balaban J connectivity index is 2.31. The largest absolute Gasteiger partial charge is 0.478 e. The molecular weight excluding hydrogens is 313 g/mol. The molecule has 0 atom stereocenters. The Kier molecular flexibility index (Phi) is 4.50. The van der Waals surface area contributed by atoms with Gasteiger partial charge >= 0.3 is 5.97 Å². The van der Waals surface area contributed by atoms with Crippen LogP contribution in [0.1, 0.15) is 26.3 Å². The molecule has 0 fully saturated rings. The molecule has 108 valence electrons. The highest BCUT2D eigenvalue weighted by atomic mass is 35.5. The maximum Gasteiger partial charge on any atom is 0.335 e. The fraction of sp³-hybridized carbons (Fsp3) is 0.0667. The standard InChI is InChI=1S/C15H11Cl2NO3/c1-8-2-4-10(12(17)6-8)14(19)18-13-7-9(15(20)21)3-5-11(13)16/h2-7H,1H3,(H,18,19)(H,20,21).